The summed E-state index contributed by atoms with van der Waals surface area (Å²) in [6, 6.07) is 22.7. The Labute approximate surface area is 168 Å². The first kappa shape index (κ1) is 18.6. The van der Waals surface area contributed by atoms with Crippen LogP contribution in [0.25, 0.3) is 0 Å². The van der Waals surface area contributed by atoms with Gasteiger partial charge in [0.2, 0.25) is 0 Å². The summed E-state index contributed by atoms with van der Waals surface area (Å²) in [5, 5.41) is 17.6. The number of nitro benzene ring substituents is 1. The zero-order valence-electron chi connectivity index (χ0n) is 15.9. The molecule has 1 aliphatic rings. The van der Waals surface area contributed by atoms with E-state index in [4.69, 9.17) is 0 Å². The lowest BCUT2D eigenvalue weighted by molar-refractivity contribution is -0.385. The second-order valence-corrected chi connectivity index (χ2v) is 6.97. The molecule has 0 fully saturated rings. The zero-order chi connectivity index (χ0) is 20.4. The molecule has 0 aromatic heterocycles. The third-order valence-corrected chi connectivity index (χ3v) is 4.98. The van der Waals surface area contributed by atoms with Crippen molar-refractivity contribution in [2.45, 2.75) is 19.4 Å². The van der Waals surface area contributed by atoms with Gasteiger partial charge in [0, 0.05) is 18.1 Å². The maximum absolute atomic E-state index is 13.2. The molecule has 1 amide bonds. The molecule has 1 atom stereocenters. The molecule has 0 saturated carbocycles. The van der Waals surface area contributed by atoms with Crippen LogP contribution in [-0.2, 0) is 0 Å². The molecule has 6 nitrogen and oxygen atoms in total. The van der Waals surface area contributed by atoms with E-state index in [1.165, 1.54) is 11.1 Å². The van der Waals surface area contributed by atoms with Crippen molar-refractivity contribution in [3.05, 3.63) is 111 Å². The first-order valence-corrected chi connectivity index (χ1v) is 9.31. The van der Waals surface area contributed by atoms with Gasteiger partial charge in [0.05, 0.1) is 22.2 Å². The van der Waals surface area contributed by atoms with Crippen LogP contribution in [0.15, 0.2) is 84.0 Å². The van der Waals surface area contributed by atoms with Crippen LogP contribution in [0, 0.1) is 17.0 Å². The molecule has 0 N–H and O–H groups in total. The lowest BCUT2D eigenvalue weighted by Gasteiger charge is -2.22. The van der Waals surface area contributed by atoms with Gasteiger partial charge in [-0.2, -0.15) is 5.10 Å². The summed E-state index contributed by atoms with van der Waals surface area (Å²) in [5.74, 6) is -0.281. The average molecular weight is 385 g/mol. The van der Waals surface area contributed by atoms with Crippen molar-refractivity contribution in [2.75, 3.05) is 0 Å². The van der Waals surface area contributed by atoms with Crippen LogP contribution < -0.4 is 0 Å². The number of nitro groups is 1. The third-order valence-electron chi connectivity index (χ3n) is 4.98. The number of amides is 1. The molecule has 0 radical (unpaired) electrons. The number of carbonyl (C=O) groups is 1. The largest absolute Gasteiger partial charge is 0.274 e. The topological polar surface area (TPSA) is 75.8 Å². The highest BCUT2D eigenvalue weighted by atomic mass is 16.6. The van der Waals surface area contributed by atoms with Crippen LogP contribution in [0.5, 0.6) is 0 Å². The van der Waals surface area contributed by atoms with Crippen LogP contribution in [0.1, 0.15) is 39.5 Å². The van der Waals surface area contributed by atoms with Crippen LogP contribution in [0.3, 0.4) is 0 Å². The van der Waals surface area contributed by atoms with Crippen molar-refractivity contribution in [1.82, 2.24) is 5.01 Å². The van der Waals surface area contributed by atoms with Crippen LogP contribution in [0.2, 0.25) is 0 Å². The minimum atomic E-state index is -0.542. The number of aryl methyl sites for hydroxylation is 1. The molecule has 1 aliphatic heterocycles. The van der Waals surface area contributed by atoms with Crippen LogP contribution in [0.4, 0.5) is 5.69 Å². The Kier molecular flexibility index (Phi) is 4.91. The van der Waals surface area contributed by atoms with E-state index in [1.54, 1.807) is 42.5 Å². The first-order chi connectivity index (χ1) is 14.0. The van der Waals surface area contributed by atoms with E-state index in [0.717, 1.165) is 16.8 Å². The van der Waals surface area contributed by atoms with Gasteiger partial charge >= 0.3 is 0 Å². The van der Waals surface area contributed by atoms with Gasteiger partial charge in [0.25, 0.3) is 11.6 Å². The van der Waals surface area contributed by atoms with E-state index in [9.17, 15) is 14.9 Å². The molecule has 0 bridgehead atoms. The average Bonchev–Trinajstić information content (AvgIpc) is 3.19. The minimum absolute atomic E-state index is 0.0101. The van der Waals surface area contributed by atoms with E-state index >= 15 is 0 Å². The van der Waals surface area contributed by atoms with E-state index in [0.29, 0.717) is 17.5 Å². The molecular weight excluding hydrogens is 366 g/mol. The van der Waals surface area contributed by atoms with Crippen molar-refractivity contribution in [2.24, 2.45) is 5.10 Å². The molecule has 1 heterocycles. The van der Waals surface area contributed by atoms with Crippen molar-refractivity contribution in [3.63, 3.8) is 0 Å². The monoisotopic (exact) mass is 385 g/mol. The fourth-order valence-electron chi connectivity index (χ4n) is 3.59. The Morgan fingerprint density at radius 3 is 2.48 bits per heavy atom. The van der Waals surface area contributed by atoms with E-state index in [1.807, 2.05) is 37.3 Å². The van der Waals surface area contributed by atoms with Gasteiger partial charge in [-0.3, -0.25) is 14.9 Å². The van der Waals surface area contributed by atoms with Crippen molar-refractivity contribution >= 4 is 17.3 Å². The molecule has 6 heteroatoms. The SMILES string of the molecule is Cc1cccc(C2=NN(C(=O)c3ccccc3)[C@H](c3ccccc3[N+](=O)[O-])C2)c1. The highest BCUT2D eigenvalue weighted by molar-refractivity contribution is 6.05. The number of carbonyl (C=O) groups excluding carboxylic acids is 1. The predicted molar refractivity (Wildman–Crippen MR) is 111 cm³/mol. The lowest BCUT2D eigenvalue weighted by atomic mass is 9.96. The standard InChI is InChI=1S/C23H19N3O3/c1-16-8-7-11-18(14-16)20-15-22(19-12-5-6-13-21(19)26(28)29)25(24-20)23(27)17-9-3-2-4-10-17/h2-14,22H,15H2,1H3/t22-/m0/s1. The molecule has 0 spiro atoms. The summed E-state index contributed by atoms with van der Waals surface area (Å²) in [4.78, 5) is 24.4. The Morgan fingerprint density at radius 1 is 1.03 bits per heavy atom. The minimum Gasteiger partial charge on any atom is -0.267 e. The summed E-state index contributed by atoms with van der Waals surface area (Å²) in [6.07, 6.45) is 0.410. The second-order valence-electron chi connectivity index (χ2n) is 6.97. The maximum Gasteiger partial charge on any atom is 0.274 e. The number of hydrogen-bond acceptors (Lipinski definition) is 4. The maximum atomic E-state index is 13.2. The van der Waals surface area contributed by atoms with Crippen LogP contribution >= 0.6 is 0 Å². The number of para-hydroxylation sites is 1. The van der Waals surface area contributed by atoms with Gasteiger partial charge in [-0.05, 0) is 30.7 Å². The molecule has 0 saturated heterocycles. The Hall–Kier alpha value is -3.80. The van der Waals surface area contributed by atoms with Crippen molar-refractivity contribution < 1.29 is 9.72 Å². The Balaban J connectivity index is 1.80. The lowest BCUT2D eigenvalue weighted by Crippen LogP contribution is -2.27. The van der Waals surface area contributed by atoms with Gasteiger partial charge < -0.3 is 0 Å². The summed E-state index contributed by atoms with van der Waals surface area (Å²) >= 11 is 0. The predicted octanol–water partition coefficient (Wildman–Crippen LogP) is 4.89. The van der Waals surface area contributed by atoms with Crippen molar-refractivity contribution in [3.8, 4) is 0 Å². The summed E-state index contributed by atoms with van der Waals surface area (Å²) in [7, 11) is 0. The molecular formula is C23H19N3O3. The first-order valence-electron chi connectivity index (χ1n) is 9.31. The smallest absolute Gasteiger partial charge is 0.267 e. The van der Waals surface area contributed by atoms with Gasteiger partial charge in [-0.15, -0.1) is 0 Å². The normalized spacial score (nSPS) is 15.8. The molecule has 0 unspecified atom stereocenters. The summed E-state index contributed by atoms with van der Waals surface area (Å²) in [6.45, 7) is 1.99. The summed E-state index contributed by atoms with van der Waals surface area (Å²) < 4.78 is 0. The Bertz CT molecular complexity index is 1110. The van der Waals surface area contributed by atoms with E-state index in [-0.39, 0.29) is 11.6 Å². The third kappa shape index (κ3) is 3.65. The number of nitrogens with zero attached hydrogens (tertiary/aromatic N) is 3. The van der Waals surface area contributed by atoms with Gasteiger partial charge in [0.1, 0.15) is 0 Å². The Morgan fingerprint density at radius 2 is 1.76 bits per heavy atom. The van der Waals surface area contributed by atoms with Gasteiger partial charge in [-0.1, -0.05) is 60.2 Å². The van der Waals surface area contributed by atoms with Crippen molar-refractivity contribution in [1.29, 1.82) is 0 Å². The van der Waals surface area contributed by atoms with E-state index < -0.39 is 11.0 Å². The number of hydrazone groups is 1. The van der Waals surface area contributed by atoms with Gasteiger partial charge in [-0.25, -0.2) is 5.01 Å². The number of rotatable bonds is 4. The van der Waals surface area contributed by atoms with Gasteiger partial charge in [0.15, 0.2) is 0 Å². The van der Waals surface area contributed by atoms with Crippen LogP contribution in [-0.4, -0.2) is 21.6 Å². The molecule has 3 aromatic carbocycles. The fraction of sp³-hybridized carbons (Fsp3) is 0.130. The second kappa shape index (κ2) is 7.67. The fourth-order valence-corrected chi connectivity index (χ4v) is 3.59. The number of hydrogen-bond donors (Lipinski definition) is 0. The number of benzene rings is 3. The summed E-state index contributed by atoms with van der Waals surface area (Å²) in [5.41, 5.74) is 3.70. The quantitative estimate of drug-likeness (QED) is 0.474. The molecule has 29 heavy (non-hydrogen) atoms. The molecule has 4 rings (SSSR count). The van der Waals surface area contributed by atoms with E-state index in [2.05, 4.69) is 5.10 Å². The zero-order valence-corrected chi connectivity index (χ0v) is 15.9. The molecule has 0 aliphatic carbocycles. The highest BCUT2D eigenvalue weighted by Gasteiger charge is 2.37. The highest BCUT2D eigenvalue weighted by Crippen LogP contribution is 2.38. The molecule has 144 valence electrons. The molecule has 3 aromatic rings.